The molecule has 0 unspecified atom stereocenters. The number of aldehydes is 1. The van der Waals surface area contributed by atoms with E-state index in [0.29, 0.717) is 5.56 Å². The lowest BCUT2D eigenvalue weighted by molar-refractivity contribution is 0.112. The first-order valence-corrected chi connectivity index (χ1v) is 3.83. The summed E-state index contributed by atoms with van der Waals surface area (Å²) in [4.78, 5) is 12.8. The number of carbonyl (C=O) groups is 1. The highest BCUT2D eigenvalue weighted by Gasteiger charge is 1.87. The minimum Gasteiger partial charge on any atom is -0.298 e. The summed E-state index contributed by atoms with van der Waals surface area (Å²) in [5.74, 6) is 2.81. The van der Waals surface area contributed by atoms with Crippen molar-refractivity contribution in [2.45, 2.75) is 0 Å². The molecule has 0 spiro atoms. The van der Waals surface area contributed by atoms with Gasteiger partial charge in [-0.1, -0.05) is 18.1 Å². The summed E-state index contributed by atoms with van der Waals surface area (Å²) in [7, 11) is 0. The van der Waals surface area contributed by atoms with E-state index in [1.807, 2.05) is 0 Å². The summed E-state index contributed by atoms with van der Waals surface area (Å²) >= 11 is 2.99. The lowest BCUT2D eigenvalue weighted by Gasteiger charge is -1.89. The molecule has 2 heteroatoms. The standard InChI is InChI=1S/C9H5BrO/c10-6-5-8-1-3-9(7-11)4-2-8/h1-4,7H. The highest BCUT2D eigenvalue weighted by molar-refractivity contribution is 9.12. The molecule has 0 amide bonds. The van der Waals surface area contributed by atoms with Crippen LogP contribution in [-0.2, 0) is 0 Å². The van der Waals surface area contributed by atoms with Gasteiger partial charge in [0.25, 0.3) is 0 Å². The second-order valence-electron chi connectivity index (χ2n) is 1.96. The van der Waals surface area contributed by atoms with Crippen LogP contribution in [0.15, 0.2) is 24.3 Å². The fourth-order valence-electron chi connectivity index (χ4n) is 0.700. The Morgan fingerprint density at radius 3 is 2.36 bits per heavy atom. The first kappa shape index (κ1) is 8.03. The van der Waals surface area contributed by atoms with Crippen LogP contribution in [0.25, 0.3) is 0 Å². The van der Waals surface area contributed by atoms with E-state index in [1.54, 1.807) is 24.3 Å². The van der Waals surface area contributed by atoms with Crippen LogP contribution in [0.1, 0.15) is 15.9 Å². The first-order chi connectivity index (χ1) is 5.36. The Balaban J connectivity index is 2.97. The average Bonchev–Trinajstić information content (AvgIpc) is 2.07. The normalized spacial score (nSPS) is 8.09. The van der Waals surface area contributed by atoms with Gasteiger partial charge >= 0.3 is 0 Å². The van der Waals surface area contributed by atoms with Gasteiger partial charge in [-0.15, -0.1) is 0 Å². The molecule has 0 saturated carbocycles. The molecule has 0 N–H and O–H groups in total. The molecule has 0 radical (unpaired) electrons. The highest BCUT2D eigenvalue weighted by Crippen LogP contribution is 2.00. The molecule has 0 bridgehead atoms. The quantitative estimate of drug-likeness (QED) is 0.511. The fraction of sp³-hybridized carbons (Fsp3) is 0. The van der Waals surface area contributed by atoms with Crippen molar-refractivity contribution in [1.82, 2.24) is 0 Å². The molecule has 0 aliphatic carbocycles. The van der Waals surface area contributed by atoms with Crippen molar-refractivity contribution < 1.29 is 4.79 Å². The van der Waals surface area contributed by atoms with Gasteiger partial charge in [0.2, 0.25) is 0 Å². The maximum absolute atomic E-state index is 10.2. The topological polar surface area (TPSA) is 17.1 Å². The van der Waals surface area contributed by atoms with E-state index in [-0.39, 0.29) is 0 Å². The number of hydrogen-bond acceptors (Lipinski definition) is 1. The third-order valence-corrected chi connectivity index (χ3v) is 1.44. The van der Waals surface area contributed by atoms with Gasteiger partial charge in [-0.3, -0.25) is 4.79 Å². The van der Waals surface area contributed by atoms with E-state index < -0.39 is 0 Å². The van der Waals surface area contributed by atoms with Gasteiger partial charge in [0.15, 0.2) is 0 Å². The Bertz CT molecular complexity index is 303. The Hall–Kier alpha value is -1.07. The van der Waals surface area contributed by atoms with Crippen LogP contribution in [0.4, 0.5) is 0 Å². The van der Waals surface area contributed by atoms with Gasteiger partial charge in [0, 0.05) is 27.1 Å². The molecular weight excluding hydrogens is 204 g/mol. The van der Waals surface area contributed by atoms with Crippen molar-refractivity contribution in [1.29, 1.82) is 0 Å². The van der Waals surface area contributed by atoms with Gasteiger partial charge in [0.1, 0.15) is 6.29 Å². The monoisotopic (exact) mass is 208 g/mol. The molecule has 0 aliphatic heterocycles. The van der Waals surface area contributed by atoms with E-state index in [1.165, 1.54) is 0 Å². The molecule has 0 fully saturated rings. The SMILES string of the molecule is O=Cc1ccc(C#CBr)cc1. The van der Waals surface area contributed by atoms with Crippen LogP contribution in [0.3, 0.4) is 0 Å². The van der Waals surface area contributed by atoms with Gasteiger partial charge in [-0.05, 0) is 17.0 Å². The molecular formula is C9H5BrO. The number of benzene rings is 1. The molecule has 0 heterocycles. The summed E-state index contributed by atoms with van der Waals surface area (Å²) < 4.78 is 0. The maximum atomic E-state index is 10.2. The molecule has 11 heavy (non-hydrogen) atoms. The average molecular weight is 209 g/mol. The van der Waals surface area contributed by atoms with Crippen LogP contribution in [0, 0.1) is 10.8 Å². The molecule has 0 aliphatic rings. The summed E-state index contributed by atoms with van der Waals surface area (Å²) in [6, 6.07) is 7.08. The van der Waals surface area contributed by atoms with E-state index >= 15 is 0 Å². The summed E-state index contributed by atoms with van der Waals surface area (Å²) in [6.45, 7) is 0. The highest BCUT2D eigenvalue weighted by atomic mass is 79.9. The smallest absolute Gasteiger partial charge is 0.150 e. The number of rotatable bonds is 1. The van der Waals surface area contributed by atoms with Crippen molar-refractivity contribution in [2.75, 3.05) is 0 Å². The van der Waals surface area contributed by atoms with Crippen LogP contribution in [0.2, 0.25) is 0 Å². The zero-order valence-corrected chi connectivity index (χ0v) is 7.26. The zero-order chi connectivity index (χ0) is 8.10. The molecule has 54 valence electrons. The summed E-state index contributed by atoms with van der Waals surface area (Å²) in [5, 5.41) is 0. The first-order valence-electron chi connectivity index (χ1n) is 3.03. The lowest BCUT2D eigenvalue weighted by Crippen LogP contribution is -1.78. The van der Waals surface area contributed by atoms with E-state index in [2.05, 4.69) is 26.7 Å². The Labute approximate surface area is 73.6 Å². The van der Waals surface area contributed by atoms with Gasteiger partial charge in [-0.25, -0.2) is 0 Å². The second-order valence-corrected chi connectivity index (χ2v) is 2.36. The van der Waals surface area contributed by atoms with Gasteiger partial charge < -0.3 is 0 Å². The summed E-state index contributed by atoms with van der Waals surface area (Å²) in [5.41, 5.74) is 1.57. The Morgan fingerprint density at radius 1 is 1.27 bits per heavy atom. The number of carbonyl (C=O) groups excluding carboxylic acids is 1. The molecule has 0 saturated heterocycles. The predicted molar refractivity (Wildman–Crippen MR) is 47.6 cm³/mol. The Morgan fingerprint density at radius 2 is 1.91 bits per heavy atom. The largest absolute Gasteiger partial charge is 0.298 e. The molecule has 0 atom stereocenters. The van der Waals surface area contributed by atoms with E-state index in [0.717, 1.165) is 11.8 Å². The third kappa shape index (κ3) is 2.21. The predicted octanol–water partition coefficient (Wildman–Crippen LogP) is 2.20. The van der Waals surface area contributed by atoms with E-state index in [4.69, 9.17) is 0 Å². The van der Waals surface area contributed by atoms with Crippen LogP contribution < -0.4 is 0 Å². The minimum atomic E-state index is 0.671. The van der Waals surface area contributed by atoms with Gasteiger partial charge in [-0.2, -0.15) is 0 Å². The molecule has 1 nitrogen and oxygen atoms in total. The zero-order valence-electron chi connectivity index (χ0n) is 5.67. The van der Waals surface area contributed by atoms with Crippen molar-refractivity contribution in [3.8, 4) is 10.8 Å². The second kappa shape index (κ2) is 3.95. The molecule has 1 aromatic rings. The maximum Gasteiger partial charge on any atom is 0.150 e. The van der Waals surface area contributed by atoms with Gasteiger partial charge in [0.05, 0.1) is 0 Å². The molecule has 1 aromatic carbocycles. The van der Waals surface area contributed by atoms with Crippen molar-refractivity contribution in [2.24, 2.45) is 0 Å². The van der Waals surface area contributed by atoms with Crippen molar-refractivity contribution >= 4 is 22.2 Å². The number of hydrogen-bond donors (Lipinski definition) is 0. The van der Waals surface area contributed by atoms with Crippen LogP contribution in [0.5, 0.6) is 0 Å². The van der Waals surface area contributed by atoms with Crippen molar-refractivity contribution in [3.63, 3.8) is 0 Å². The number of halogens is 1. The van der Waals surface area contributed by atoms with Crippen molar-refractivity contribution in [3.05, 3.63) is 35.4 Å². The molecule has 0 aromatic heterocycles. The third-order valence-electron chi connectivity index (χ3n) is 1.24. The van der Waals surface area contributed by atoms with Crippen LogP contribution >= 0.6 is 15.9 Å². The lowest BCUT2D eigenvalue weighted by atomic mass is 10.2. The minimum absolute atomic E-state index is 0.671. The fourth-order valence-corrected chi connectivity index (χ4v) is 0.928. The van der Waals surface area contributed by atoms with E-state index in [9.17, 15) is 4.79 Å². The summed E-state index contributed by atoms with van der Waals surface area (Å²) in [6.07, 6.45) is 0.811. The molecule has 1 rings (SSSR count). The Kier molecular flexibility index (Phi) is 2.88. The van der Waals surface area contributed by atoms with Crippen LogP contribution in [-0.4, -0.2) is 6.29 Å².